The summed E-state index contributed by atoms with van der Waals surface area (Å²) in [5.41, 5.74) is -0.704. The first-order valence-electron chi connectivity index (χ1n) is 8.29. The van der Waals surface area contributed by atoms with Gasteiger partial charge in [0.2, 0.25) is 5.91 Å². The summed E-state index contributed by atoms with van der Waals surface area (Å²) in [7, 11) is 0. The molecule has 1 aromatic carbocycles. The number of hydrogen-bond acceptors (Lipinski definition) is 4. The molecule has 0 bridgehead atoms. The molecule has 2 aromatic rings. The molecule has 0 N–H and O–H groups in total. The van der Waals surface area contributed by atoms with E-state index in [0.29, 0.717) is 30.6 Å². The fourth-order valence-electron chi connectivity index (χ4n) is 3.00. The topological polar surface area (TPSA) is 74.1 Å². The number of Topliss-reactive ketones (excluding diaryl/α,β-unsaturated/α-hetero) is 1. The third kappa shape index (κ3) is 3.85. The fourth-order valence-corrected chi connectivity index (χ4v) is 3.16. The second-order valence-electron chi connectivity index (χ2n) is 6.21. The zero-order chi connectivity index (χ0) is 20.5. The van der Waals surface area contributed by atoms with Crippen LogP contribution in [-0.4, -0.2) is 23.2 Å². The van der Waals surface area contributed by atoms with Gasteiger partial charge < -0.3 is 4.90 Å². The second kappa shape index (κ2) is 7.60. The first kappa shape index (κ1) is 19.8. The van der Waals surface area contributed by atoms with E-state index >= 15 is 0 Å². The zero-order valence-electron chi connectivity index (χ0n) is 14.3. The molecule has 1 fully saturated rings. The Bertz CT molecular complexity index is 968. The molecule has 1 saturated heterocycles. The number of anilines is 1. The molecule has 0 unspecified atom stereocenters. The summed E-state index contributed by atoms with van der Waals surface area (Å²) in [5.74, 6) is -2.25. The molecule has 0 spiro atoms. The molecular weight excluding hydrogens is 395 g/mol. The summed E-state index contributed by atoms with van der Waals surface area (Å²) < 4.78 is 38.1. The number of carbonyl (C=O) groups excluding carboxylic acids is 2. The van der Waals surface area contributed by atoms with Gasteiger partial charge in [-0.15, -0.1) is 0 Å². The maximum Gasteiger partial charge on any atom is 0.417 e. The standard InChI is InChI=1S/C19H13ClF3N3O2/c20-12-4-5-13(16(8-12)26-7-1-2-17(26)27)18(28)14(9-24)15-6-3-11(10-25-15)19(21,22)23/h3-6,8,10,14H,1-2,7H2/t14-/m0/s1. The predicted octanol–water partition coefficient (Wildman–Crippen LogP) is 4.37. The van der Waals surface area contributed by atoms with Gasteiger partial charge in [-0.05, 0) is 36.8 Å². The average Bonchev–Trinajstić information content (AvgIpc) is 3.07. The molecule has 0 radical (unpaired) electrons. The lowest BCUT2D eigenvalue weighted by molar-refractivity contribution is -0.137. The molecule has 5 nitrogen and oxygen atoms in total. The number of alkyl halides is 3. The van der Waals surface area contributed by atoms with Crippen LogP contribution in [0.1, 0.15) is 40.4 Å². The molecule has 1 aromatic heterocycles. The Labute approximate surface area is 163 Å². The lowest BCUT2D eigenvalue weighted by Gasteiger charge is -2.20. The van der Waals surface area contributed by atoms with Crippen LogP contribution in [-0.2, 0) is 11.0 Å². The van der Waals surface area contributed by atoms with Crippen LogP contribution < -0.4 is 4.90 Å². The van der Waals surface area contributed by atoms with Crippen LogP contribution in [0.4, 0.5) is 18.9 Å². The van der Waals surface area contributed by atoms with Gasteiger partial charge in [-0.2, -0.15) is 18.4 Å². The van der Waals surface area contributed by atoms with Gasteiger partial charge in [0.25, 0.3) is 0 Å². The molecule has 0 aliphatic carbocycles. The molecule has 1 aliphatic rings. The number of aromatic nitrogens is 1. The first-order valence-corrected chi connectivity index (χ1v) is 8.67. The Morgan fingerprint density at radius 3 is 2.57 bits per heavy atom. The van der Waals surface area contributed by atoms with Crippen LogP contribution >= 0.6 is 11.6 Å². The molecule has 2 heterocycles. The molecule has 144 valence electrons. The predicted molar refractivity (Wildman–Crippen MR) is 95.0 cm³/mol. The van der Waals surface area contributed by atoms with Crippen LogP contribution in [0.25, 0.3) is 0 Å². The molecule has 1 aliphatic heterocycles. The summed E-state index contributed by atoms with van der Waals surface area (Å²) in [4.78, 5) is 30.2. The van der Waals surface area contributed by atoms with Crippen molar-refractivity contribution in [1.82, 2.24) is 4.98 Å². The quantitative estimate of drug-likeness (QED) is 0.705. The van der Waals surface area contributed by atoms with Gasteiger partial charge in [0.15, 0.2) is 11.7 Å². The highest BCUT2D eigenvalue weighted by molar-refractivity contribution is 6.31. The van der Waals surface area contributed by atoms with Crippen LogP contribution in [0.5, 0.6) is 0 Å². The van der Waals surface area contributed by atoms with Crippen molar-refractivity contribution in [3.63, 3.8) is 0 Å². The Kier molecular flexibility index (Phi) is 5.38. The number of rotatable bonds is 4. The number of amides is 1. The highest BCUT2D eigenvalue weighted by atomic mass is 35.5. The third-order valence-corrected chi connectivity index (χ3v) is 4.63. The number of pyridine rings is 1. The molecule has 0 saturated carbocycles. The van der Waals surface area contributed by atoms with E-state index < -0.39 is 23.4 Å². The monoisotopic (exact) mass is 407 g/mol. The fraction of sp³-hybridized carbons (Fsp3) is 0.263. The minimum absolute atomic E-state index is 0.0906. The number of hydrogen-bond donors (Lipinski definition) is 0. The maximum atomic E-state index is 13.0. The normalized spacial score (nSPS) is 15.4. The third-order valence-electron chi connectivity index (χ3n) is 4.39. The second-order valence-corrected chi connectivity index (χ2v) is 6.64. The molecule has 3 rings (SSSR count). The molecule has 1 atom stereocenters. The summed E-state index contributed by atoms with van der Waals surface area (Å²) in [5, 5.41) is 9.78. The van der Waals surface area contributed by atoms with Gasteiger partial charge in [0, 0.05) is 29.7 Å². The van der Waals surface area contributed by atoms with Crippen molar-refractivity contribution in [2.75, 3.05) is 11.4 Å². The summed E-state index contributed by atoms with van der Waals surface area (Å²) in [6.45, 7) is 0.412. The van der Waals surface area contributed by atoms with Gasteiger partial charge in [-0.3, -0.25) is 14.6 Å². The van der Waals surface area contributed by atoms with E-state index in [1.165, 1.54) is 23.1 Å². The summed E-state index contributed by atoms with van der Waals surface area (Å²) >= 11 is 6.01. The number of nitrogens with zero attached hydrogens (tertiary/aromatic N) is 3. The van der Waals surface area contributed by atoms with Gasteiger partial charge in [-0.25, -0.2) is 0 Å². The number of ketones is 1. The van der Waals surface area contributed by atoms with E-state index in [0.717, 1.165) is 12.1 Å². The van der Waals surface area contributed by atoms with Crippen molar-refractivity contribution in [1.29, 1.82) is 5.26 Å². The van der Waals surface area contributed by atoms with Gasteiger partial charge in [-0.1, -0.05) is 11.6 Å². The van der Waals surface area contributed by atoms with E-state index in [4.69, 9.17) is 11.6 Å². The molecular formula is C19H13ClF3N3O2. The van der Waals surface area contributed by atoms with Gasteiger partial charge in [0.1, 0.15) is 0 Å². The van der Waals surface area contributed by atoms with Gasteiger partial charge in [0.05, 0.1) is 23.0 Å². The Balaban J connectivity index is 1.98. The van der Waals surface area contributed by atoms with E-state index in [1.807, 2.05) is 0 Å². The van der Waals surface area contributed by atoms with Crippen LogP contribution in [0.3, 0.4) is 0 Å². The number of nitriles is 1. The maximum absolute atomic E-state index is 13.0. The van der Waals surface area contributed by atoms with E-state index in [2.05, 4.69) is 4.98 Å². The lowest BCUT2D eigenvalue weighted by Crippen LogP contribution is -2.27. The lowest BCUT2D eigenvalue weighted by atomic mass is 9.93. The number of benzene rings is 1. The Hall–Kier alpha value is -2.92. The summed E-state index contributed by atoms with van der Waals surface area (Å²) in [6, 6.07) is 7.88. The van der Waals surface area contributed by atoms with Crippen LogP contribution in [0.2, 0.25) is 5.02 Å². The average molecular weight is 408 g/mol. The van der Waals surface area contributed by atoms with Crippen molar-refractivity contribution in [2.45, 2.75) is 24.9 Å². The zero-order valence-corrected chi connectivity index (χ0v) is 15.1. The SMILES string of the molecule is N#C[C@H](C(=O)c1ccc(Cl)cc1N1CCCC1=O)c1ccc(C(F)(F)F)cn1. The van der Waals surface area contributed by atoms with Crippen LogP contribution in [0.15, 0.2) is 36.5 Å². The molecule has 1 amide bonds. The highest BCUT2D eigenvalue weighted by Gasteiger charge is 2.33. The van der Waals surface area contributed by atoms with Gasteiger partial charge >= 0.3 is 6.18 Å². The first-order chi connectivity index (χ1) is 13.2. The minimum atomic E-state index is -4.57. The Morgan fingerprint density at radius 1 is 1.29 bits per heavy atom. The minimum Gasteiger partial charge on any atom is -0.312 e. The summed E-state index contributed by atoms with van der Waals surface area (Å²) in [6.07, 6.45) is -3.03. The van der Waals surface area contributed by atoms with E-state index in [9.17, 15) is 28.0 Å². The van der Waals surface area contributed by atoms with E-state index in [-0.39, 0.29) is 22.9 Å². The highest BCUT2D eigenvalue weighted by Crippen LogP contribution is 2.33. The Morgan fingerprint density at radius 2 is 2.04 bits per heavy atom. The van der Waals surface area contributed by atoms with E-state index in [1.54, 1.807) is 6.07 Å². The number of carbonyl (C=O) groups is 2. The number of halogens is 4. The van der Waals surface area contributed by atoms with Crippen LogP contribution in [0, 0.1) is 11.3 Å². The molecule has 9 heteroatoms. The smallest absolute Gasteiger partial charge is 0.312 e. The van der Waals surface area contributed by atoms with Crippen molar-refractivity contribution < 1.29 is 22.8 Å². The largest absolute Gasteiger partial charge is 0.417 e. The van der Waals surface area contributed by atoms with Crippen molar-refractivity contribution in [3.8, 4) is 6.07 Å². The van der Waals surface area contributed by atoms with Crippen molar-refractivity contribution in [2.24, 2.45) is 0 Å². The van der Waals surface area contributed by atoms with Crippen molar-refractivity contribution >= 4 is 29.0 Å². The van der Waals surface area contributed by atoms with Crippen molar-refractivity contribution in [3.05, 3.63) is 58.4 Å². The molecule has 28 heavy (non-hydrogen) atoms.